The average Bonchev–Trinajstić information content (AvgIpc) is 2.72. The lowest BCUT2D eigenvalue weighted by Crippen LogP contribution is -2.16. The van der Waals surface area contributed by atoms with Gasteiger partial charge in [0.2, 0.25) is 5.82 Å². The van der Waals surface area contributed by atoms with Crippen LogP contribution in [0.1, 0.15) is 36.1 Å². The number of H-pyrrole nitrogens is 1. The number of hydrogen-bond acceptors (Lipinski definition) is 5. The van der Waals surface area contributed by atoms with E-state index >= 15 is 0 Å². The second-order valence-electron chi connectivity index (χ2n) is 3.87. The van der Waals surface area contributed by atoms with Crippen LogP contribution in [0.2, 0.25) is 0 Å². The van der Waals surface area contributed by atoms with Crippen molar-refractivity contribution in [2.75, 3.05) is 7.11 Å². The number of aromatic nitrogens is 4. The van der Waals surface area contributed by atoms with Crippen LogP contribution in [0.3, 0.4) is 0 Å². The maximum Gasteiger partial charge on any atom is 0.375 e. The fourth-order valence-corrected chi connectivity index (χ4v) is 1.38. The highest BCUT2D eigenvalue weighted by Gasteiger charge is 2.14. The van der Waals surface area contributed by atoms with E-state index in [2.05, 4.69) is 19.8 Å². The number of rotatable bonds is 2. The van der Waals surface area contributed by atoms with Crippen molar-refractivity contribution in [2.45, 2.75) is 19.8 Å². The zero-order valence-electron chi connectivity index (χ0n) is 9.72. The number of aromatic amines is 1. The van der Waals surface area contributed by atoms with Gasteiger partial charge in [0, 0.05) is 6.07 Å². The van der Waals surface area contributed by atoms with Gasteiger partial charge in [0.1, 0.15) is 0 Å². The van der Waals surface area contributed by atoms with Crippen LogP contribution in [0, 0.1) is 0 Å². The molecule has 0 aromatic carbocycles. The van der Waals surface area contributed by atoms with E-state index in [9.17, 15) is 9.59 Å². The summed E-state index contributed by atoms with van der Waals surface area (Å²) in [6, 6.07) is 1.41. The monoisotopic (exact) mass is 236 g/mol. The Kier molecular flexibility index (Phi) is 2.66. The minimum absolute atomic E-state index is 0.0435. The molecule has 2 rings (SSSR count). The molecule has 2 aromatic heterocycles. The maximum absolute atomic E-state index is 11.7. The van der Waals surface area contributed by atoms with Crippen LogP contribution in [0.25, 0.3) is 5.78 Å². The molecule has 17 heavy (non-hydrogen) atoms. The molecule has 2 heterocycles. The number of nitrogens with zero attached hydrogens (tertiary/aromatic N) is 3. The van der Waals surface area contributed by atoms with Gasteiger partial charge < -0.3 is 4.74 Å². The molecule has 90 valence electrons. The molecule has 0 aliphatic rings. The van der Waals surface area contributed by atoms with Gasteiger partial charge in [0.15, 0.2) is 0 Å². The summed E-state index contributed by atoms with van der Waals surface area (Å²) in [5, 5.41) is 2.54. The summed E-state index contributed by atoms with van der Waals surface area (Å²) >= 11 is 0. The number of nitrogens with one attached hydrogen (secondary N) is 1. The van der Waals surface area contributed by atoms with Crippen molar-refractivity contribution in [3.8, 4) is 0 Å². The van der Waals surface area contributed by atoms with Crippen molar-refractivity contribution in [1.82, 2.24) is 19.6 Å². The number of esters is 1. The van der Waals surface area contributed by atoms with Crippen molar-refractivity contribution in [2.24, 2.45) is 0 Å². The van der Waals surface area contributed by atoms with Crippen LogP contribution in [-0.2, 0) is 4.74 Å². The van der Waals surface area contributed by atoms with Crippen molar-refractivity contribution < 1.29 is 9.53 Å². The van der Waals surface area contributed by atoms with Gasteiger partial charge >= 0.3 is 5.97 Å². The van der Waals surface area contributed by atoms with Crippen LogP contribution in [0.4, 0.5) is 0 Å². The fraction of sp³-hybridized carbons (Fsp3) is 0.400. The molecule has 2 aromatic rings. The Morgan fingerprint density at radius 1 is 1.47 bits per heavy atom. The second-order valence-corrected chi connectivity index (χ2v) is 3.87. The second kappa shape index (κ2) is 4.00. The van der Waals surface area contributed by atoms with Crippen LogP contribution >= 0.6 is 0 Å². The highest BCUT2D eigenvalue weighted by atomic mass is 16.5. The fourth-order valence-electron chi connectivity index (χ4n) is 1.38. The average molecular weight is 236 g/mol. The SMILES string of the molecule is COC(=O)c1nc2nc(C(C)C)cc(=O)n2[nH]1. The third-order valence-corrected chi connectivity index (χ3v) is 2.32. The van der Waals surface area contributed by atoms with Gasteiger partial charge in [-0.05, 0) is 5.92 Å². The number of methoxy groups -OCH3 is 1. The van der Waals surface area contributed by atoms with Gasteiger partial charge in [-0.25, -0.2) is 9.78 Å². The van der Waals surface area contributed by atoms with Crippen LogP contribution in [0.5, 0.6) is 0 Å². The van der Waals surface area contributed by atoms with E-state index in [1.165, 1.54) is 13.2 Å². The van der Waals surface area contributed by atoms with E-state index in [0.717, 1.165) is 4.52 Å². The van der Waals surface area contributed by atoms with Crippen molar-refractivity contribution >= 4 is 11.7 Å². The third-order valence-electron chi connectivity index (χ3n) is 2.32. The molecule has 0 amide bonds. The highest BCUT2D eigenvalue weighted by Crippen LogP contribution is 2.09. The van der Waals surface area contributed by atoms with Gasteiger partial charge in [-0.1, -0.05) is 13.8 Å². The molecule has 0 aliphatic carbocycles. The van der Waals surface area contributed by atoms with E-state index in [1.807, 2.05) is 13.8 Å². The summed E-state index contributed by atoms with van der Waals surface area (Å²) in [7, 11) is 1.24. The predicted octanol–water partition coefficient (Wildman–Crippen LogP) is 0.328. The smallest absolute Gasteiger partial charge is 0.375 e. The van der Waals surface area contributed by atoms with Gasteiger partial charge in [-0.15, -0.1) is 0 Å². The molecule has 7 nitrogen and oxygen atoms in total. The van der Waals surface area contributed by atoms with E-state index in [1.54, 1.807) is 0 Å². The lowest BCUT2D eigenvalue weighted by molar-refractivity contribution is 0.0587. The summed E-state index contributed by atoms with van der Waals surface area (Å²) in [5.74, 6) is -0.397. The number of hydrogen-bond donors (Lipinski definition) is 1. The topological polar surface area (TPSA) is 89.3 Å². The zero-order chi connectivity index (χ0) is 12.6. The zero-order valence-corrected chi connectivity index (χ0v) is 9.72. The summed E-state index contributed by atoms with van der Waals surface area (Å²) in [6.07, 6.45) is 0. The Morgan fingerprint density at radius 2 is 2.18 bits per heavy atom. The predicted molar refractivity (Wildman–Crippen MR) is 59.0 cm³/mol. The molecule has 0 unspecified atom stereocenters. The van der Waals surface area contributed by atoms with Crippen molar-refractivity contribution in [1.29, 1.82) is 0 Å². The minimum atomic E-state index is -0.638. The molecule has 0 spiro atoms. The van der Waals surface area contributed by atoms with Crippen LogP contribution in [0.15, 0.2) is 10.9 Å². The molecule has 0 aliphatic heterocycles. The normalized spacial score (nSPS) is 11.1. The quantitative estimate of drug-likeness (QED) is 0.759. The Balaban J connectivity index is 2.65. The Labute approximate surface area is 96.4 Å². The molecule has 7 heteroatoms. The first-order valence-corrected chi connectivity index (χ1v) is 5.11. The first-order chi connectivity index (χ1) is 8.02. The molecule has 0 atom stereocenters. The van der Waals surface area contributed by atoms with E-state index in [0.29, 0.717) is 5.69 Å². The molecule has 0 fully saturated rings. The molecule has 0 bridgehead atoms. The molecule has 0 saturated heterocycles. The minimum Gasteiger partial charge on any atom is -0.463 e. The molecule has 1 N–H and O–H groups in total. The molecular weight excluding hydrogens is 224 g/mol. The summed E-state index contributed by atoms with van der Waals surface area (Å²) in [5.41, 5.74) is 0.333. The van der Waals surface area contributed by atoms with Gasteiger partial charge in [0.25, 0.3) is 11.3 Å². The Bertz CT molecular complexity index is 626. The van der Waals surface area contributed by atoms with Crippen molar-refractivity contribution in [3.63, 3.8) is 0 Å². The number of fused-ring (bicyclic) bond motifs is 1. The Hall–Kier alpha value is -2.18. The van der Waals surface area contributed by atoms with Crippen molar-refractivity contribution in [3.05, 3.63) is 27.9 Å². The van der Waals surface area contributed by atoms with E-state index in [4.69, 9.17) is 0 Å². The summed E-state index contributed by atoms with van der Waals surface area (Å²) in [6.45, 7) is 3.85. The maximum atomic E-state index is 11.7. The highest BCUT2D eigenvalue weighted by molar-refractivity contribution is 5.85. The standard InChI is InChI=1S/C10H12N4O3/c1-5(2)6-4-7(15)14-10(11-6)12-8(13-14)9(16)17-3/h4-5H,1-3H3,(H,11,12,13). The lowest BCUT2D eigenvalue weighted by Gasteiger charge is -2.01. The number of ether oxygens (including phenoxy) is 1. The molecular formula is C10H12N4O3. The Morgan fingerprint density at radius 3 is 2.76 bits per heavy atom. The van der Waals surface area contributed by atoms with Gasteiger partial charge in [-0.2, -0.15) is 9.50 Å². The lowest BCUT2D eigenvalue weighted by atomic mass is 10.1. The number of carbonyl (C=O) groups excluding carboxylic acids is 1. The van der Waals surface area contributed by atoms with Crippen LogP contribution in [-0.4, -0.2) is 32.7 Å². The first-order valence-electron chi connectivity index (χ1n) is 5.11. The van der Waals surface area contributed by atoms with Gasteiger partial charge in [0.05, 0.1) is 12.8 Å². The molecule has 0 radical (unpaired) electrons. The van der Waals surface area contributed by atoms with Crippen LogP contribution < -0.4 is 5.56 Å². The van der Waals surface area contributed by atoms with E-state index < -0.39 is 5.97 Å². The third kappa shape index (κ3) is 1.91. The summed E-state index contributed by atoms with van der Waals surface area (Å²) < 4.78 is 5.62. The molecule has 0 saturated carbocycles. The number of carbonyl (C=O) groups is 1. The largest absolute Gasteiger partial charge is 0.463 e. The van der Waals surface area contributed by atoms with E-state index in [-0.39, 0.29) is 23.1 Å². The van der Waals surface area contributed by atoms with Gasteiger partial charge in [-0.3, -0.25) is 9.89 Å². The first kappa shape index (κ1) is 11.3. The summed E-state index contributed by atoms with van der Waals surface area (Å²) in [4.78, 5) is 31.1.